The molecule has 0 aliphatic carbocycles. The molecule has 2 rings (SSSR count). The molecule has 7 heteroatoms. The summed E-state index contributed by atoms with van der Waals surface area (Å²) in [6.07, 6.45) is -3.07. The molecule has 110 valence electrons. The number of alkyl halides is 3. The van der Waals surface area contributed by atoms with Gasteiger partial charge in [-0.1, -0.05) is 17.7 Å². The molecule has 0 spiro atoms. The summed E-state index contributed by atoms with van der Waals surface area (Å²) in [5.74, 6) is -0.767. The van der Waals surface area contributed by atoms with E-state index in [-0.39, 0.29) is 16.6 Å². The van der Waals surface area contributed by atoms with Gasteiger partial charge in [0.25, 0.3) is 0 Å². The molecular formula is C13H14ClF3N2O. The largest absolute Gasteiger partial charge is 0.418 e. The van der Waals surface area contributed by atoms with E-state index >= 15 is 0 Å². The second-order valence-corrected chi connectivity index (χ2v) is 5.10. The van der Waals surface area contributed by atoms with Crippen LogP contribution in [0.1, 0.15) is 18.4 Å². The van der Waals surface area contributed by atoms with Gasteiger partial charge in [-0.25, -0.2) is 0 Å². The summed E-state index contributed by atoms with van der Waals surface area (Å²) in [7, 11) is 0. The summed E-state index contributed by atoms with van der Waals surface area (Å²) in [5.41, 5.74) is -1.29. The van der Waals surface area contributed by atoms with Gasteiger partial charge in [0.05, 0.1) is 22.2 Å². The average molecular weight is 307 g/mol. The Morgan fingerprint density at radius 3 is 2.75 bits per heavy atom. The van der Waals surface area contributed by atoms with E-state index < -0.39 is 17.6 Å². The highest BCUT2D eigenvalue weighted by Crippen LogP contribution is 2.38. The smallest absolute Gasteiger partial charge is 0.324 e. The van der Waals surface area contributed by atoms with E-state index in [0.717, 1.165) is 19.0 Å². The summed E-state index contributed by atoms with van der Waals surface area (Å²) in [5, 5.41) is 5.26. The number of rotatable bonds is 2. The molecule has 1 aromatic rings. The van der Waals surface area contributed by atoms with Crippen LogP contribution >= 0.6 is 11.6 Å². The molecule has 1 amide bonds. The van der Waals surface area contributed by atoms with Gasteiger partial charge in [0.2, 0.25) is 5.91 Å². The van der Waals surface area contributed by atoms with Crippen molar-refractivity contribution in [3.8, 4) is 0 Å². The number of para-hydroxylation sites is 1. The molecule has 1 atom stereocenters. The predicted molar refractivity (Wildman–Crippen MR) is 70.7 cm³/mol. The highest BCUT2D eigenvalue weighted by molar-refractivity contribution is 6.34. The Kier molecular flexibility index (Phi) is 4.55. The van der Waals surface area contributed by atoms with Crippen molar-refractivity contribution in [3.63, 3.8) is 0 Å². The van der Waals surface area contributed by atoms with Gasteiger partial charge in [0, 0.05) is 6.54 Å². The lowest BCUT2D eigenvalue weighted by molar-refractivity contribution is -0.137. The summed E-state index contributed by atoms with van der Waals surface area (Å²) in [4.78, 5) is 12.0. The third-order valence-electron chi connectivity index (χ3n) is 3.23. The van der Waals surface area contributed by atoms with E-state index in [0.29, 0.717) is 13.0 Å². The molecule has 1 fully saturated rings. The van der Waals surface area contributed by atoms with Gasteiger partial charge in [-0.05, 0) is 31.5 Å². The lowest BCUT2D eigenvalue weighted by atomic mass is 9.98. The average Bonchev–Trinajstić information content (AvgIpc) is 2.40. The van der Waals surface area contributed by atoms with Crippen molar-refractivity contribution in [2.75, 3.05) is 18.4 Å². The Morgan fingerprint density at radius 2 is 2.15 bits per heavy atom. The van der Waals surface area contributed by atoms with Crippen molar-refractivity contribution >= 4 is 23.2 Å². The fourth-order valence-corrected chi connectivity index (χ4v) is 2.41. The van der Waals surface area contributed by atoms with Crippen LogP contribution in [-0.4, -0.2) is 19.0 Å². The van der Waals surface area contributed by atoms with Crippen LogP contribution in [0.3, 0.4) is 0 Å². The highest BCUT2D eigenvalue weighted by Gasteiger charge is 2.35. The zero-order chi connectivity index (χ0) is 14.8. The Balaban J connectivity index is 2.22. The summed E-state index contributed by atoms with van der Waals surface area (Å²) in [6, 6.07) is 3.44. The van der Waals surface area contributed by atoms with Crippen molar-refractivity contribution in [1.29, 1.82) is 0 Å². The molecule has 2 N–H and O–H groups in total. The third kappa shape index (κ3) is 3.43. The molecule has 0 aromatic heterocycles. The normalized spacial score (nSPS) is 19.7. The minimum absolute atomic E-state index is 0.114. The number of nitrogens with one attached hydrogen (secondary N) is 2. The van der Waals surface area contributed by atoms with Crippen LogP contribution in [0.2, 0.25) is 5.02 Å². The maximum atomic E-state index is 12.9. The van der Waals surface area contributed by atoms with Gasteiger partial charge in [-0.15, -0.1) is 0 Å². The van der Waals surface area contributed by atoms with Gasteiger partial charge in [-0.3, -0.25) is 4.79 Å². The Bertz CT molecular complexity index is 499. The number of carbonyl (C=O) groups is 1. The van der Waals surface area contributed by atoms with Crippen LogP contribution in [0, 0.1) is 5.92 Å². The Labute approximate surface area is 119 Å². The molecule has 0 saturated carbocycles. The summed E-state index contributed by atoms with van der Waals surface area (Å²) >= 11 is 5.79. The second kappa shape index (κ2) is 6.01. The molecule has 20 heavy (non-hydrogen) atoms. The van der Waals surface area contributed by atoms with Gasteiger partial charge >= 0.3 is 6.18 Å². The fraction of sp³-hybridized carbons (Fsp3) is 0.462. The number of benzene rings is 1. The Morgan fingerprint density at radius 1 is 1.40 bits per heavy atom. The predicted octanol–water partition coefficient (Wildman–Crippen LogP) is 3.30. The maximum Gasteiger partial charge on any atom is 0.418 e. The molecule has 0 radical (unpaired) electrons. The first kappa shape index (κ1) is 15.1. The van der Waals surface area contributed by atoms with E-state index in [1.54, 1.807) is 0 Å². The van der Waals surface area contributed by atoms with Crippen molar-refractivity contribution in [1.82, 2.24) is 5.32 Å². The van der Waals surface area contributed by atoms with Crippen molar-refractivity contribution in [2.24, 2.45) is 5.92 Å². The lowest BCUT2D eigenvalue weighted by Crippen LogP contribution is -2.37. The number of hydrogen-bond donors (Lipinski definition) is 2. The minimum Gasteiger partial charge on any atom is -0.324 e. The molecule has 0 unspecified atom stereocenters. The van der Waals surface area contributed by atoms with Gasteiger partial charge in [-0.2, -0.15) is 13.2 Å². The molecule has 3 nitrogen and oxygen atoms in total. The van der Waals surface area contributed by atoms with E-state index in [1.165, 1.54) is 12.1 Å². The summed E-state index contributed by atoms with van der Waals surface area (Å²) < 4.78 is 38.7. The zero-order valence-electron chi connectivity index (χ0n) is 10.6. The van der Waals surface area contributed by atoms with Crippen molar-refractivity contribution in [2.45, 2.75) is 19.0 Å². The third-order valence-corrected chi connectivity index (χ3v) is 3.55. The Hall–Kier alpha value is -1.27. The van der Waals surface area contributed by atoms with Gasteiger partial charge < -0.3 is 10.6 Å². The number of piperidine rings is 1. The lowest BCUT2D eigenvalue weighted by Gasteiger charge is -2.23. The first-order valence-corrected chi connectivity index (χ1v) is 6.64. The quantitative estimate of drug-likeness (QED) is 0.880. The van der Waals surface area contributed by atoms with Crippen LogP contribution < -0.4 is 10.6 Å². The van der Waals surface area contributed by atoms with E-state index in [9.17, 15) is 18.0 Å². The van der Waals surface area contributed by atoms with Crippen LogP contribution in [0.4, 0.5) is 18.9 Å². The number of halogens is 4. The number of anilines is 1. The first-order valence-electron chi connectivity index (χ1n) is 6.27. The topological polar surface area (TPSA) is 41.1 Å². The molecule has 1 aliphatic rings. The zero-order valence-corrected chi connectivity index (χ0v) is 11.3. The van der Waals surface area contributed by atoms with E-state index in [2.05, 4.69) is 10.6 Å². The van der Waals surface area contributed by atoms with Crippen LogP contribution in [0.5, 0.6) is 0 Å². The SMILES string of the molecule is O=C(Nc1c(Cl)cccc1C(F)(F)F)[C@H]1CCCNC1. The molecule has 1 aromatic carbocycles. The van der Waals surface area contributed by atoms with Gasteiger partial charge in [0.1, 0.15) is 0 Å². The molecule has 1 heterocycles. The minimum atomic E-state index is -4.56. The highest BCUT2D eigenvalue weighted by atomic mass is 35.5. The monoisotopic (exact) mass is 306 g/mol. The van der Waals surface area contributed by atoms with Crippen LogP contribution in [-0.2, 0) is 11.0 Å². The molecule has 0 bridgehead atoms. The van der Waals surface area contributed by atoms with Crippen LogP contribution in [0.15, 0.2) is 18.2 Å². The standard InChI is InChI=1S/C13H14ClF3N2O/c14-10-5-1-4-9(13(15,16)17)11(10)19-12(20)8-3-2-6-18-7-8/h1,4-5,8,18H,2-3,6-7H2,(H,19,20)/t8-/m0/s1. The number of carbonyl (C=O) groups excluding carboxylic acids is 1. The van der Waals surface area contributed by atoms with Gasteiger partial charge in [0.15, 0.2) is 0 Å². The first-order chi connectivity index (χ1) is 9.39. The van der Waals surface area contributed by atoms with Crippen LogP contribution in [0.25, 0.3) is 0 Å². The number of hydrogen-bond acceptors (Lipinski definition) is 2. The second-order valence-electron chi connectivity index (χ2n) is 4.69. The summed E-state index contributed by atoms with van der Waals surface area (Å²) in [6.45, 7) is 1.29. The number of amides is 1. The fourth-order valence-electron chi connectivity index (χ4n) is 2.19. The van der Waals surface area contributed by atoms with Crippen molar-refractivity contribution in [3.05, 3.63) is 28.8 Å². The van der Waals surface area contributed by atoms with E-state index in [1.807, 2.05) is 0 Å². The van der Waals surface area contributed by atoms with Crippen molar-refractivity contribution < 1.29 is 18.0 Å². The molecular weight excluding hydrogens is 293 g/mol. The maximum absolute atomic E-state index is 12.9. The van der Waals surface area contributed by atoms with E-state index in [4.69, 9.17) is 11.6 Å². The molecule has 1 saturated heterocycles. The molecule has 1 aliphatic heterocycles.